The number of aliphatic hydroxyl groups is 1. The molecular formula is C29H26N2O5. The highest BCUT2D eigenvalue weighted by Gasteiger charge is 2.46. The van der Waals surface area contributed by atoms with Crippen LogP contribution in [0.25, 0.3) is 16.7 Å². The van der Waals surface area contributed by atoms with Gasteiger partial charge in [0.05, 0.1) is 25.8 Å². The van der Waals surface area contributed by atoms with E-state index in [2.05, 4.69) is 4.98 Å². The van der Waals surface area contributed by atoms with Crippen LogP contribution in [0, 0.1) is 0 Å². The number of aromatic amines is 1. The molecule has 1 amide bonds. The number of rotatable bonds is 7. The van der Waals surface area contributed by atoms with E-state index in [-0.39, 0.29) is 17.9 Å². The van der Waals surface area contributed by atoms with Crippen LogP contribution in [0.4, 0.5) is 0 Å². The number of carbonyl (C=O) groups excluding carboxylic acids is 2. The number of hydrogen-bond acceptors (Lipinski definition) is 5. The lowest BCUT2D eigenvalue weighted by molar-refractivity contribution is -0.139. The fraction of sp³-hybridized carbons (Fsp3) is 0.172. The van der Waals surface area contributed by atoms with Gasteiger partial charge in [0.1, 0.15) is 17.3 Å². The molecule has 1 aliphatic rings. The van der Waals surface area contributed by atoms with Gasteiger partial charge in [0.25, 0.3) is 11.7 Å². The lowest BCUT2D eigenvalue weighted by Crippen LogP contribution is -2.31. The van der Waals surface area contributed by atoms with E-state index in [1.54, 1.807) is 50.6 Å². The molecule has 7 heteroatoms. The number of nitrogens with zero attached hydrogens (tertiary/aromatic N) is 1. The summed E-state index contributed by atoms with van der Waals surface area (Å²) in [5, 5.41) is 12.2. The fourth-order valence-electron chi connectivity index (χ4n) is 4.75. The first-order valence-corrected chi connectivity index (χ1v) is 11.6. The Kier molecular flexibility index (Phi) is 6.21. The number of methoxy groups -OCH3 is 2. The summed E-state index contributed by atoms with van der Waals surface area (Å²) in [4.78, 5) is 31.3. The normalized spacial score (nSPS) is 17.1. The molecule has 0 unspecified atom stereocenters. The van der Waals surface area contributed by atoms with Crippen molar-refractivity contribution in [2.75, 3.05) is 20.8 Å². The molecule has 5 rings (SSSR count). The number of ether oxygens (including phenoxy) is 2. The number of fused-ring (bicyclic) bond motifs is 1. The first kappa shape index (κ1) is 23.2. The Bertz CT molecular complexity index is 1470. The minimum atomic E-state index is -0.750. The Morgan fingerprint density at radius 1 is 0.944 bits per heavy atom. The maximum Gasteiger partial charge on any atom is 0.295 e. The Morgan fingerprint density at radius 3 is 2.44 bits per heavy atom. The van der Waals surface area contributed by atoms with Crippen molar-refractivity contribution in [3.8, 4) is 11.5 Å². The van der Waals surface area contributed by atoms with Crippen LogP contribution in [0.1, 0.15) is 22.7 Å². The number of hydrogen-bond donors (Lipinski definition) is 2. The number of benzene rings is 3. The molecule has 36 heavy (non-hydrogen) atoms. The van der Waals surface area contributed by atoms with Crippen molar-refractivity contribution in [1.82, 2.24) is 9.88 Å². The first-order chi connectivity index (χ1) is 17.5. The van der Waals surface area contributed by atoms with Gasteiger partial charge >= 0.3 is 0 Å². The molecule has 182 valence electrons. The second kappa shape index (κ2) is 9.62. The first-order valence-electron chi connectivity index (χ1n) is 11.6. The van der Waals surface area contributed by atoms with Gasteiger partial charge in [-0.2, -0.15) is 0 Å². The van der Waals surface area contributed by atoms with E-state index in [4.69, 9.17) is 9.47 Å². The lowest BCUT2D eigenvalue weighted by Gasteiger charge is -2.25. The molecule has 1 aromatic heterocycles. The van der Waals surface area contributed by atoms with E-state index in [0.717, 1.165) is 22.2 Å². The smallest absolute Gasteiger partial charge is 0.295 e. The number of nitrogens with one attached hydrogen (secondary N) is 1. The molecule has 0 saturated carbocycles. The molecule has 2 heterocycles. The van der Waals surface area contributed by atoms with E-state index in [1.165, 1.54) is 4.90 Å². The van der Waals surface area contributed by atoms with Crippen molar-refractivity contribution < 1.29 is 24.2 Å². The van der Waals surface area contributed by atoms with Crippen molar-refractivity contribution in [3.05, 3.63) is 101 Å². The highest BCUT2D eigenvalue weighted by Crippen LogP contribution is 2.40. The van der Waals surface area contributed by atoms with Crippen molar-refractivity contribution in [2.45, 2.75) is 12.5 Å². The standard InChI is InChI=1S/C29H26N2O5/c1-35-21-10-6-9-19(15-21)26-25(27(32)18-7-4-3-5-8-18)28(33)29(34)31(26)14-13-20-17-30-24-12-11-22(36-2)16-23(20)24/h3-12,15-17,26,30,32H,13-14H2,1-2H3/t26-/m1/s1. The minimum Gasteiger partial charge on any atom is -0.507 e. The predicted molar refractivity (Wildman–Crippen MR) is 137 cm³/mol. The summed E-state index contributed by atoms with van der Waals surface area (Å²) >= 11 is 0. The summed E-state index contributed by atoms with van der Waals surface area (Å²) in [5.41, 5.74) is 3.19. The third-order valence-corrected chi connectivity index (χ3v) is 6.59. The minimum absolute atomic E-state index is 0.0695. The topological polar surface area (TPSA) is 91.9 Å². The van der Waals surface area contributed by atoms with Crippen molar-refractivity contribution >= 4 is 28.4 Å². The van der Waals surface area contributed by atoms with Crippen LogP contribution in [0.5, 0.6) is 11.5 Å². The van der Waals surface area contributed by atoms with Gasteiger partial charge < -0.3 is 24.5 Å². The highest BCUT2D eigenvalue weighted by atomic mass is 16.5. The lowest BCUT2D eigenvalue weighted by atomic mass is 9.95. The average molecular weight is 483 g/mol. The molecule has 0 bridgehead atoms. The number of aromatic nitrogens is 1. The molecule has 1 saturated heterocycles. The number of carbonyl (C=O) groups is 2. The van der Waals surface area contributed by atoms with E-state index < -0.39 is 17.7 Å². The summed E-state index contributed by atoms with van der Waals surface area (Å²) in [6.45, 7) is 0.280. The quantitative estimate of drug-likeness (QED) is 0.223. The fourth-order valence-corrected chi connectivity index (χ4v) is 4.75. The molecule has 0 aliphatic carbocycles. The van der Waals surface area contributed by atoms with Crippen molar-refractivity contribution in [1.29, 1.82) is 0 Å². The molecule has 7 nitrogen and oxygen atoms in total. The zero-order valence-electron chi connectivity index (χ0n) is 20.0. The highest BCUT2D eigenvalue weighted by molar-refractivity contribution is 6.46. The van der Waals surface area contributed by atoms with Gasteiger partial charge in [0, 0.05) is 29.2 Å². The maximum absolute atomic E-state index is 13.3. The summed E-state index contributed by atoms with van der Waals surface area (Å²) < 4.78 is 10.8. The monoisotopic (exact) mass is 482 g/mol. The van der Waals surface area contributed by atoms with Crippen LogP contribution in [-0.2, 0) is 16.0 Å². The van der Waals surface area contributed by atoms with Crippen LogP contribution >= 0.6 is 0 Å². The van der Waals surface area contributed by atoms with Crippen LogP contribution in [-0.4, -0.2) is 47.4 Å². The molecule has 1 aliphatic heterocycles. The van der Waals surface area contributed by atoms with Crippen LogP contribution in [0.3, 0.4) is 0 Å². The Hall–Kier alpha value is -4.52. The number of ketones is 1. The zero-order chi connectivity index (χ0) is 25.2. The van der Waals surface area contributed by atoms with E-state index in [1.807, 2.05) is 42.6 Å². The Labute approximate surface area is 208 Å². The van der Waals surface area contributed by atoms with E-state index in [0.29, 0.717) is 23.3 Å². The molecule has 0 spiro atoms. The number of Topliss-reactive ketones (excluding diaryl/α,β-unsaturated/α-hetero) is 1. The largest absolute Gasteiger partial charge is 0.507 e. The van der Waals surface area contributed by atoms with Crippen LogP contribution in [0.2, 0.25) is 0 Å². The van der Waals surface area contributed by atoms with Gasteiger partial charge in [-0.25, -0.2) is 0 Å². The maximum atomic E-state index is 13.3. The van der Waals surface area contributed by atoms with E-state index in [9.17, 15) is 14.7 Å². The zero-order valence-corrected chi connectivity index (χ0v) is 20.0. The van der Waals surface area contributed by atoms with Gasteiger partial charge in [0.15, 0.2) is 0 Å². The third-order valence-electron chi connectivity index (χ3n) is 6.59. The van der Waals surface area contributed by atoms with Gasteiger partial charge in [-0.15, -0.1) is 0 Å². The van der Waals surface area contributed by atoms with Crippen molar-refractivity contribution in [2.24, 2.45) is 0 Å². The second-order valence-corrected chi connectivity index (χ2v) is 8.61. The summed E-state index contributed by atoms with van der Waals surface area (Å²) in [6.07, 6.45) is 2.41. The predicted octanol–water partition coefficient (Wildman–Crippen LogP) is 4.85. The summed E-state index contributed by atoms with van der Waals surface area (Å²) in [6, 6.07) is 21.1. The molecule has 4 aromatic rings. The van der Waals surface area contributed by atoms with E-state index >= 15 is 0 Å². The molecule has 1 fully saturated rings. The van der Waals surface area contributed by atoms with Gasteiger partial charge in [-0.05, 0) is 47.9 Å². The summed E-state index contributed by atoms with van der Waals surface area (Å²) in [5.74, 6) is -0.201. The van der Waals surface area contributed by atoms with Gasteiger partial charge in [-0.3, -0.25) is 9.59 Å². The van der Waals surface area contributed by atoms with Gasteiger partial charge in [0.2, 0.25) is 0 Å². The third kappa shape index (κ3) is 4.09. The summed E-state index contributed by atoms with van der Waals surface area (Å²) in [7, 11) is 3.18. The average Bonchev–Trinajstić information content (AvgIpc) is 3.44. The molecule has 3 aromatic carbocycles. The Morgan fingerprint density at radius 2 is 1.69 bits per heavy atom. The van der Waals surface area contributed by atoms with Crippen LogP contribution in [0.15, 0.2) is 84.6 Å². The number of aliphatic hydroxyl groups excluding tert-OH is 1. The number of likely N-dealkylation sites (tertiary alicyclic amines) is 1. The second-order valence-electron chi connectivity index (χ2n) is 8.61. The van der Waals surface area contributed by atoms with Crippen molar-refractivity contribution in [3.63, 3.8) is 0 Å². The molecule has 1 atom stereocenters. The Balaban J connectivity index is 1.56. The van der Waals surface area contributed by atoms with Gasteiger partial charge in [-0.1, -0.05) is 42.5 Å². The SMILES string of the molecule is COc1cccc([C@@H]2C(=C(O)c3ccccc3)C(=O)C(=O)N2CCc2c[nH]c3ccc(OC)cc23)c1. The number of H-pyrrole nitrogens is 1. The number of amides is 1. The molecular weight excluding hydrogens is 456 g/mol. The molecule has 2 N–H and O–H groups in total. The molecule has 0 radical (unpaired) electrons. The van der Waals surface area contributed by atoms with Crippen LogP contribution < -0.4 is 9.47 Å².